The van der Waals surface area contributed by atoms with E-state index >= 15 is 0 Å². The van der Waals surface area contributed by atoms with Gasteiger partial charge in [0.05, 0.1) is 18.5 Å². The zero-order valence-corrected chi connectivity index (χ0v) is 8.62. The van der Waals surface area contributed by atoms with E-state index in [9.17, 15) is 4.79 Å². The van der Waals surface area contributed by atoms with E-state index in [0.717, 1.165) is 0 Å². The molecule has 5 heteroatoms. The van der Waals surface area contributed by atoms with Crippen molar-refractivity contribution in [2.45, 2.75) is 31.8 Å². The van der Waals surface area contributed by atoms with Gasteiger partial charge in [0, 0.05) is 19.8 Å². The van der Waals surface area contributed by atoms with Crippen LogP contribution in [0.1, 0.15) is 19.8 Å². The Morgan fingerprint density at radius 2 is 2.36 bits per heavy atom. The smallest absolute Gasteiger partial charge is 0.237 e. The second-order valence-corrected chi connectivity index (χ2v) is 3.16. The third-order valence-electron chi connectivity index (χ3n) is 1.76. The fourth-order valence-corrected chi connectivity index (χ4v) is 0.914. The first-order chi connectivity index (χ1) is 6.61. The fraction of sp³-hybridized carbons (Fsp3) is 0.778. The molecule has 0 spiro atoms. The molecule has 0 radical (unpaired) electrons. The number of nitriles is 1. The van der Waals surface area contributed by atoms with Crippen LogP contribution >= 0.6 is 0 Å². The van der Waals surface area contributed by atoms with Crippen LogP contribution in [0.4, 0.5) is 0 Å². The van der Waals surface area contributed by atoms with Crippen molar-refractivity contribution < 1.29 is 9.53 Å². The number of carbonyl (C=O) groups is 1. The van der Waals surface area contributed by atoms with Crippen molar-refractivity contribution in [1.82, 2.24) is 5.32 Å². The van der Waals surface area contributed by atoms with Gasteiger partial charge in [0.1, 0.15) is 0 Å². The molecule has 1 amide bonds. The SMILES string of the molecule is COCCC(N)C(=O)NC(C)CC#N. The number of methoxy groups -OCH3 is 1. The average molecular weight is 199 g/mol. The van der Waals surface area contributed by atoms with E-state index in [1.54, 1.807) is 14.0 Å². The molecular weight excluding hydrogens is 182 g/mol. The summed E-state index contributed by atoms with van der Waals surface area (Å²) in [5, 5.41) is 11.0. The summed E-state index contributed by atoms with van der Waals surface area (Å²) in [5.41, 5.74) is 5.57. The monoisotopic (exact) mass is 199 g/mol. The van der Waals surface area contributed by atoms with Crippen LogP contribution in [0.5, 0.6) is 0 Å². The van der Waals surface area contributed by atoms with Crippen LogP contribution < -0.4 is 11.1 Å². The minimum atomic E-state index is -0.559. The predicted octanol–water partition coefficient (Wildman–Crippen LogP) is -0.231. The molecule has 5 nitrogen and oxygen atoms in total. The molecule has 0 aromatic heterocycles. The maximum Gasteiger partial charge on any atom is 0.237 e. The van der Waals surface area contributed by atoms with Crippen molar-refractivity contribution in [3.8, 4) is 6.07 Å². The summed E-state index contributed by atoms with van der Waals surface area (Å²) in [6.07, 6.45) is 0.782. The number of carbonyl (C=O) groups excluding carboxylic acids is 1. The number of nitrogens with one attached hydrogen (secondary N) is 1. The maximum absolute atomic E-state index is 11.3. The van der Waals surface area contributed by atoms with Crippen LogP contribution in [0.15, 0.2) is 0 Å². The van der Waals surface area contributed by atoms with Crippen molar-refractivity contribution in [3.63, 3.8) is 0 Å². The topological polar surface area (TPSA) is 88.1 Å². The fourth-order valence-electron chi connectivity index (χ4n) is 0.914. The van der Waals surface area contributed by atoms with Gasteiger partial charge in [0.2, 0.25) is 5.91 Å². The minimum Gasteiger partial charge on any atom is -0.385 e. The molecule has 0 aliphatic heterocycles. The molecule has 0 aromatic rings. The number of hydrogen-bond donors (Lipinski definition) is 2. The standard InChI is InChI=1S/C9H17N3O2/c1-7(3-5-10)12-9(13)8(11)4-6-14-2/h7-8H,3-4,6,11H2,1-2H3,(H,12,13). The van der Waals surface area contributed by atoms with E-state index < -0.39 is 6.04 Å². The lowest BCUT2D eigenvalue weighted by molar-refractivity contribution is -0.123. The normalized spacial score (nSPS) is 14.1. The number of ether oxygens (including phenoxy) is 1. The lowest BCUT2D eigenvalue weighted by Gasteiger charge is -2.14. The molecule has 0 aliphatic carbocycles. The van der Waals surface area contributed by atoms with Crippen molar-refractivity contribution in [3.05, 3.63) is 0 Å². The molecule has 0 bridgehead atoms. The Hall–Kier alpha value is -1.12. The first kappa shape index (κ1) is 12.9. The Morgan fingerprint density at radius 3 is 2.86 bits per heavy atom. The maximum atomic E-state index is 11.3. The van der Waals surface area contributed by atoms with E-state index in [1.807, 2.05) is 6.07 Å². The molecule has 0 aliphatic rings. The lowest BCUT2D eigenvalue weighted by atomic mass is 10.2. The highest BCUT2D eigenvalue weighted by Crippen LogP contribution is 1.93. The van der Waals surface area contributed by atoms with Crippen LogP contribution in [0, 0.1) is 11.3 Å². The summed E-state index contributed by atoms with van der Waals surface area (Å²) in [6.45, 7) is 2.23. The Bertz CT molecular complexity index is 213. The van der Waals surface area contributed by atoms with Gasteiger partial charge >= 0.3 is 0 Å². The molecule has 14 heavy (non-hydrogen) atoms. The predicted molar refractivity (Wildman–Crippen MR) is 52.3 cm³/mol. The third kappa shape index (κ3) is 5.51. The second-order valence-electron chi connectivity index (χ2n) is 3.16. The Morgan fingerprint density at radius 1 is 1.71 bits per heavy atom. The first-order valence-corrected chi connectivity index (χ1v) is 4.53. The van der Waals surface area contributed by atoms with Gasteiger partial charge in [-0.15, -0.1) is 0 Å². The van der Waals surface area contributed by atoms with Gasteiger partial charge < -0.3 is 15.8 Å². The van der Waals surface area contributed by atoms with E-state index in [-0.39, 0.29) is 11.9 Å². The number of nitrogens with two attached hydrogens (primary N) is 1. The van der Waals surface area contributed by atoms with Gasteiger partial charge in [-0.05, 0) is 13.3 Å². The zero-order chi connectivity index (χ0) is 11.0. The molecule has 0 saturated carbocycles. The number of rotatable bonds is 6. The first-order valence-electron chi connectivity index (χ1n) is 4.53. The van der Waals surface area contributed by atoms with Crippen LogP contribution in [-0.2, 0) is 9.53 Å². The highest BCUT2D eigenvalue weighted by molar-refractivity contribution is 5.81. The number of nitrogens with zero attached hydrogens (tertiary/aromatic N) is 1. The average Bonchev–Trinajstić information content (AvgIpc) is 2.14. The summed E-state index contributed by atoms with van der Waals surface area (Å²) in [5.74, 6) is -0.232. The molecule has 0 heterocycles. The second kappa shape index (κ2) is 7.30. The van der Waals surface area contributed by atoms with Gasteiger partial charge in [0.15, 0.2) is 0 Å². The van der Waals surface area contributed by atoms with Crippen LogP contribution in [-0.4, -0.2) is 31.7 Å². The summed E-state index contributed by atoms with van der Waals surface area (Å²) in [7, 11) is 1.56. The van der Waals surface area contributed by atoms with Gasteiger partial charge in [-0.3, -0.25) is 4.79 Å². The van der Waals surface area contributed by atoms with Gasteiger partial charge in [-0.1, -0.05) is 0 Å². The Labute approximate surface area is 84.2 Å². The highest BCUT2D eigenvalue weighted by atomic mass is 16.5. The molecule has 0 aromatic carbocycles. The summed E-state index contributed by atoms with van der Waals surface area (Å²) in [4.78, 5) is 11.3. The zero-order valence-electron chi connectivity index (χ0n) is 8.62. The number of hydrogen-bond acceptors (Lipinski definition) is 4. The summed E-state index contributed by atoms with van der Waals surface area (Å²) < 4.78 is 4.80. The van der Waals surface area contributed by atoms with Crippen LogP contribution in [0.2, 0.25) is 0 Å². The van der Waals surface area contributed by atoms with E-state index in [1.165, 1.54) is 0 Å². The third-order valence-corrected chi connectivity index (χ3v) is 1.76. The van der Waals surface area contributed by atoms with E-state index in [0.29, 0.717) is 19.4 Å². The van der Waals surface area contributed by atoms with Crippen molar-refractivity contribution in [2.24, 2.45) is 5.73 Å². The van der Waals surface area contributed by atoms with Crippen molar-refractivity contribution in [2.75, 3.05) is 13.7 Å². The largest absolute Gasteiger partial charge is 0.385 e. The Balaban J connectivity index is 3.77. The van der Waals surface area contributed by atoms with Gasteiger partial charge in [-0.25, -0.2) is 0 Å². The molecule has 2 unspecified atom stereocenters. The van der Waals surface area contributed by atoms with Crippen molar-refractivity contribution >= 4 is 5.91 Å². The van der Waals surface area contributed by atoms with Crippen LogP contribution in [0.25, 0.3) is 0 Å². The quantitative estimate of drug-likeness (QED) is 0.618. The van der Waals surface area contributed by atoms with Gasteiger partial charge in [0.25, 0.3) is 0 Å². The minimum absolute atomic E-state index is 0.152. The summed E-state index contributed by atoms with van der Waals surface area (Å²) >= 11 is 0. The van der Waals surface area contributed by atoms with E-state index in [4.69, 9.17) is 15.7 Å². The molecule has 80 valence electrons. The molecule has 3 N–H and O–H groups in total. The van der Waals surface area contributed by atoms with E-state index in [2.05, 4.69) is 5.32 Å². The Kier molecular flexibility index (Phi) is 6.72. The number of amides is 1. The van der Waals surface area contributed by atoms with Crippen LogP contribution in [0.3, 0.4) is 0 Å². The molecule has 0 rings (SSSR count). The molecule has 0 saturated heterocycles. The van der Waals surface area contributed by atoms with Gasteiger partial charge in [-0.2, -0.15) is 5.26 Å². The molecule has 0 fully saturated rings. The lowest BCUT2D eigenvalue weighted by Crippen LogP contribution is -2.44. The molecule has 2 atom stereocenters. The molecular formula is C9H17N3O2. The highest BCUT2D eigenvalue weighted by Gasteiger charge is 2.14. The van der Waals surface area contributed by atoms with Crippen molar-refractivity contribution in [1.29, 1.82) is 5.26 Å². The summed E-state index contributed by atoms with van der Waals surface area (Å²) in [6, 6.07) is 1.26.